The summed E-state index contributed by atoms with van der Waals surface area (Å²) in [4.78, 5) is 39.2. The number of benzene rings is 4. The molecule has 0 radical (unpaired) electrons. The van der Waals surface area contributed by atoms with Crippen LogP contribution >= 0.6 is 0 Å². The molecule has 0 heterocycles. The van der Waals surface area contributed by atoms with Crippen molar-refractivity contribution >= 4 is 23.7 Å². The Labute approximate surface area is 232 Å². The normalized spacial score (nSPS) is 16.0. The second-order valence-electron chi connectivity index (χ2n) is 10.0. The number of fused-ring (bicyclic) bond motifs is 1. The SMILES string of the molecule is O=C(O)c1ccc(NC(=O)N(Cc2ccccc2)[C@@H]2c3ccccc3CC[C@H]2Cc2ccccc2)cc1C(=O)O. The van der Waals surface area contributed by atoms with Crippen LogP contribution in [0.4, 0.5) is 10.5 Å². The van der Waals surface area contributed by atoms with Crippen LogP contribution in [0.2, 0.25) is 0 Å². The molecule has 5 rings (SSSR count). The van der Waals surface area contributed by atoms with Gasteiger partial charge in [0.1, 0.15) is 0 Å². The maximum Gasteiger partial charge on any atom is 0.336 e. The summed E-state index contributed by atoms with van der Waals surface area (Å²) in [6, 6.07) is 31.4. The van der Waals surface area contributed by atoms with E-state index >= 15 is 0 Å². The standard InChI is InChI=1S/C33H30N2O5/c36-31(37)28-18-17-26(20-29(28)32(38)39)34-33(40)35(21-23-11-5-2-6-12-23)30-25(19-22-9-3-1-4-10-22)16-15-24-13-7-8-14-27(24)30/h1-14,17-18,20,25,30H,15-16,19,21H2,(H,34,40)(H,36,37)(H,38,39)/t25-,30-/m0/s1. The maximum atomic E-state index is 14.1. The minimum absolute atomic E-state index is 0.149. The molecule has 40 heavy (non-hydrogen) atoms. The lowest BCUT2D eigenvalue weighted by Gasteiger charge is -2.41. The zero-order chi connectivity index (χ0) is 28.1. The summed E-state index contributed by atoms with van der Waals surface area (Å²) in [5, 5.41) is 21.8. The number of carbonyl (C=O) groups excluding carboxylic acids is 1. The molecule has 3 N–H and O–H groups in total. The van der Waals surface area contributed by atoms with Crippen molar-refractivity contribution in [3.05, 3.63) is 137 Å². The molecule has 1 aliphatic carbocycles. The summed E-state index contributed by atoms with van der Waals surface area (Å²) < 4.78 is 0. The second kappa shape index (κ2) is 11.9. The monoisotopic (exact) mass is 534 g/mol. The Bertz CT molecular complexity index is 1520. The predicted molar refractivity (Wildman–Crippen MR) is 153 cm³/mol. The summed E-state index contributed by atoms with van der Waals surface area (Å²) in [5.74, 6) is -2.57. The summed E-state index contributed by atoms with van der Waals surface area (Å²) in [6.07, 6.45) is 2.63. The number of urea groups is 1. The molecule has 0 aromatic heterocycles. The van der Waals surface area contributed by atoms with E-state index in [1.54, 1.807) is 0 Å². The van der Waals surface area contributed by atoms with Gasteiger partial charge in [0.05, 0.1) is 17.2 Å². The number of nitrogens with one attached hydrogen (secondary N) is 1. The second-order valence-corrected chi connectivity index (χ2v) is 10.0. The van der Waals surface area contributed by atoms with Gasteiger partial charge in [-0.1, -0.05) is 84.9 Å². The zero-order valence-corrected chi connectivity index (χ0v) is 21.9. The van der Waals surface area contributed by atoms with Crippen LogP contribution in [0.15, 0.2) is 103 Å². The first-order chi connectivity index (χ1) is 19.4. The molecule has 0 aliphatic heterocycles. The summed E-state index contributed by atoms with van der Waals surface area (Å²) in [7, 11) is 0. The van der Waals surface area contributed by atoms with Gasteiger partial charge in [0, 0.05) is 12.2 Å². The number of anilines is 1. The van der Waals surface area contributed by atoms with Crippen LogP contribution < -0.4 is 5.32 Å². The molecule has 0 saturated carbocycles. The summed E-state index contributed by atoms with van der Waals surface area (Å²) >= 11 is 0. The van der Waals surface area contributed by atoms with Crippen LogP contribution in [0.3, 0.4) is 0 Å². The minimum atomic E-state index is -1.38. The largest absolute Gasteiger partial charge is 0.478 e. The highest BCUT2D eigenvalue weighted by Gasteiger charge is 2.36. The van der Waals surface area contributed by atoms with Crippen LogP contribution in [-0.4, -0.2) is 33.1 Å². The molecule has 0 spiro atoms. The van der Waals surface area contributed by atoms with Crippen LogP contribution in [0, 0.1) is 5.92 Å². The first-order valence-corrected chi connectivity index (χ1v) is 13.2. The Morgan fingerprint density at radius 2 is 1.38 bits per heavy atom. The van der Waals surface area contributed by atoms with E-state index in [1.165, 1.54) is 29.3 Å². The third-order valence-corrected chi connectivity index (χ3v) is 7.47. The quantitative estimate of drug-likeness (QED) is 0.234. The molecule has 7 heteroatoms. The van der Waals surface area contributed by atoms with Crippen LogP contribution in [0.5, 0.6) is 0 Å². The van der Waals surface area contributed by atoms with E-state index in [2.05, 4.69) is 29.6 Å². The fraction of sp³-hybridized carbons (Fsp3) is 0.182. The molecule has 1 aliphatic rings. The number of carboxylic acid groups (broad SMARTS) is 2. The van der Waals surface area contributed by atoms with Gasteiger partial charge in [-0.25, -0.2) is 14.4 Å². The van der Waals surface area contributed by atoms with Crippen molar-refractivity contribution in [1.82, 2.24) is 4.90 Å². The van der Waals surface area contributed by atoms with Crippen LogP contribution in [0.1, 0.15) is 55.4 Å². The van der Waals surface area contributed by atoms with E-state index in [0.717, 1.165) is 30.4 Å². The van der Waals surface area contributed by atoms with Gasteiger partial charge < -0.3 is 20.4 Å². The number of hydrogen-bond acceptors (Lipinski definition) is 3. The van der Waals surface area contributed by atoms with E-state index in [9.17, 15) is 24.6 Å². The highest BCUT2D eigenvalue weighted by atomic mass is 16.4. The Kier molecular flexibility index (Phi) is 7.92. The van der Waals surface area contributed by atoms with Gasteiger partial charge in [-0.2, -0.15) is 0 Å². The Morgan fingerprint density at radius 3 is 2.05 bits per heavy atom. The molecular formula is C33H30N2O5. The first kappa shape index (κ1) is 26.7. The lowest BCUT2D eigenvalue weighted by molar-refractivity contribution is 0.0651. The Hall–Kier alpha value is -4.91. The van der Waals surface area contributed by atoms with Gasteiger partial charge in [-0.15, -0.1) is 0 Å². The average Bonchev–Trinajstić information content (AvgIpc) is 2.97. The average molecular weight is 535 g/mol. The fourth-order valence-corrected chi connectivity index (χ4v) is 5.61. The highest BCUT2D eigenvalue weighted by Crippen LogP contribution is 2.41. The third-order valence-electron chi connectivity index (χ3n) is 7.47. The number of carbonyl (C=O) groups is 3. The third kappa shape index (κ3) is 5.89. The summed E-state index contributed by atoms with van der Waals surface area (Å²) in [5.41, 5.74) is 3.98. The molecule has 0 bridgehead atoms. The molecule has 4 aromatic rings. The number of carboxylic acids is 2. The number of aryl methyl sites for hydroxylation is 1. The van der Waals surface area contributed by atoms with Crippen molar-refractivity contribution in [1.29, 1.82) is 0 Å². The Morgan fingerprint density at radius 1 is 0.750 bits per heavy atom. The van der Waals surface area contributed by atoms with Gasteiger partial charge >= 0.3 is 18.0 Å². The zero-order valence-electron chi connectivity index (χ0n) is 21.9. The molecule has 202 valence electrons. The molecule has 2 amide bonds. The number of amides is 2. The molecule has 0 fully saturated rings. The van der Waals surface area contributed by atoms with E-state index in [1.807, 2.05) is 65.6 Å². The van der Waals surface area contributed by atoms with E-state index in [4.69, 9.17) is 0 Å². The summed E-state index contributed by atoms with van der Waals surface area (Å²) in [6.45, 7) is 0.343. The van der Waals surface area contributed by atoms with Gasteiger partial charge in [0.2, 0.25) is 0 Å². The van der Waals surface area contributed by atoms with Gasteiger partial charge in [0.15, 0.2) is 0 Å². The molecule has 2 atom stereocenters. The smallest absolute Gasteiger partial charge is 0.336 e. The number of nitrogens with zero attached hydrogens (tertiary/aromatic N) is 1. The van der Waals surface area contributed by atoms with E-state index < -0.39 is 11.9 Å². The van der Waals surface area contributed by atoms with E-state index in [0.29, 0.717) is 6.54 Å². The number of rotatable bonds is 8. The fourth-order valence-electron chi connectivity index (χ4n) is 5.61. The predicted octanol–water partition coefficient (Wildman–Crippen LogP) is 6.66. The highest BCUT2D eigenvalue weighted by molar-refractivity contribution is 6.03. The van der Waals surface area contributed by atoms with Crippen molar-refractivity contribution in [2.24, 2.45) is 5.92 Å². The van der Waals surface area contributed by atoms with Crippen molar-refractivity contribution in [2.45, 2.75) is 31.8 Å². The number of aromatic carboxylic acids is 2. The molecule has 7 nitrogen and oxygen atoms in total. The van der Waals surface area contributed by atoms with E-state index in [-0.39, 0.29) is 34.8 Å². The number of hydrogen-bond donors (Lipinski definition) is 3. The Balaban J connectivity index is 1.54. The molecule has 4 aromatic carbocycles. The van der Waals surface area contributed by atoms with Gasteiger partial charge in [-0.3, -0.25) is 0 Å². The van der Waals surface area contributed by atoms with Crippen molar-refractivity contribution in [3.8, 4) is 0 Å². The van der Waals surface area contributed by atoms with Crippen molar-refractivity contribution in [2.75, 3.05) is 5.32 Å². The van der Waals surface area contributed by atoms with Gasteiger partial charge in [0.25, 0.3) is 0 Å². The lowest BCUT2D eigenvalue weighted by atomic mass is 9.76. The first-order valence-electron chi connectivity index (χ1n) is 13.2. The molecule has 0 unspecified atom stereocenters. The topological polar surface area (TPSA) is 107 Å². The van der Waals surface area contributed by atoms with Crippen molar-refractivity contribution < 1.29 is 24.6 Å². The van der Waals surface area contributed by atoms with Crippen LogP contribution in [0.25, 0.3) is 0 Å². The molecule has 0 saturated heterocycles. The minimum Gasteiger partial charge on any atom is -0.478 e. The lowest BCUT2D eigenvalue weighted by Crippen LogP contribution is -2.43. The van der Waals surface area contributed by atoms with Gasteiger partial charge in [-0.05, 0) is 65.6 Å². The van der Waals surface area contributed by atoms with Crippen molar-refractivity contribution in [3.63, 3.8) is 0 Å². The maximum absolute atomic E-state index is 14.1. The molecular weight excluding hydrogens is 504 g/mol. The van der Waals surface area contributed by atoms with Crippen LogP contribution in [-0.2, 0) is 19.4 Å².